The summed E-state index contributed by atoms with van der Waals surface area (Å²) < 4.78 is 6.62. The number of aryl methyl sites for hydroxylation is 1. The third-order valence-electron chi connectivity index (χ3n) is 7.20. The van der Waals surface area contributed by atoms with Gasteiger partial charge >= 0.3 is 0 Å². The fourth-order valence-electron chi connectivity index (χ4n) is 6.29. The van der Waals surface area contributed by atoms with Crippen molar-refractivity contribution in [3.05, 3.63) is 28.8 Å². The highest BCUT2D eigenvalue weighted by Gasteiger charge is 2.65. The van der Waals surface area contributed by atoms with Gasteiger partial charge < -0.3 is 15.0 Å². The van der Waals surface area contributed by atoms with Crippen LogP contribution in [-0.2, 0) is 16.6 Å². The number of likely N-dealkylation sites (N-methyl/N-ethyl adjacent to an activating group) is 1. The molecule has 1 spiro atoms. The average molecular weight is 326 g/mol. The number of nitrogens with zero attached hydrogens (tertiary/aromatic N) is 1. The number of carbonyl (C=O) groups is 1. The highest BCUT2D eigenvalue weighted by atomic mass is 16.5. The molecule has 1 saturated carbocycles. The van der Waals surface area contributed by atoms with Gasteiger partial charge in [0.1, 0.15) is 11.9 Å². The number of hydrogen-bond acceptors (Lipinski definition) is 3. The molecule has 4 nitrogen and oxygen atoms in total. The Kier molecular flexibility index (Phi) is 2.92. The molecule has 1 aromatic rings. The number of benzene rings is 1. The lowest BCUT2D eigenvalue weighted by atomic mass is 9.51. The second-order valence-corrected chi connectivity index (χ2v) is 8.32. The number of hydrogen-bond donors (Lipinski definition) is 1. The Labute approximate surface area is 143 Å². The van der Waals surface area contributed by atoms with Crippen LogP contribution in [-0.4, -0.2) is 42.6 Å². The molecule has 2 aliphatic carbocycles. The Bertz CT molecular complexity index is 731. The maximum atomic E-state index is 11.8. The topological polar surface area (TPSA) is 41.6 Å². The molecule has 24 heavy (non-hydrogen) atoms. The number of carbonyl (C=O) groups excluding carboxylic acids is 1. The van der Waals surface area contributed by atoms with Crippen molar-refractivity contribution in [2.45, 2.75) is 63.1 Å². The van der Waals surface area contributed by atoms with E-state index >= 15 is 0 Å². The lowest BCUT2D eigenvalue weighted by Crippen LogP contribution is -2.68. The largest absolute Gasteiger partial charge is 0.487 e. The fraction of sp³-hybridized carbons (Fsp3) is 0.650. The van der Waals surface area contributed by atoms with Crippen LogP contribution in [0.5, 0.6) is 5.75 Å². The van der Waals surface area contributed by atoms with Crippen molar-refractivity contribution in [2.75, 3.05) is 13.6 Å². The van der Waals surface area contributed by atoms with Gasteiger partial charge in [0, 0.05) is 23.9 Å². The van der Waals surface area contributed by atoms with E-state index in [9.17, 15) is 4.79 Å². The Balaban J connectivity index is 1.71. The monoisotopic (exact) mass is 326 g/mol. The number of rotatable bonds is 1. The molecule has 1 amide bonds. The highest BCUT2D eigenvalue weighted by Crippen LogP contribution is 2.62. The number of nitrogens with one attached hydrogen (secondary N) is 1. The van der Waals surface area contributed by atoms with Crippen molar-refractivity contribution in [2.24, 2.45) is 5.92 Å². The van der Waals surface area contributed by atoms with Crippen molar-refractivity contribution in [3.63, 3.8) is 0 Å². The molecular formula is C20H26N2O2. The molecule has 128 valence electrons. The molecule has 0 aromatic heterocycles. The second-order valence-electron chi connectivity index (χ2n) is 8.32. The predicted molar refractivity (Wildman–Crippen MR) is 92.3 cm³/mol. The zero-order valence-electron chi connectivity index (χ0n) is 14.8. The summed E-state index contributed by atoms with van der Waals surface area (Å²) in [5, 5.41) is 3.20. The highest BCUT2D eigenvalue weighted by molar-refractivity contribution is 5.73. The normalized spacial score (nSPS) is 39.1. The first-order chi connectivity index (χ1) is 11.5. The van der Waals surface area contributed by atoms with E-state index in [2.05, 4.69) is 36.3 Å². The van der Waals surface area contributed by atoms with Crippen LogP contribution in [0, 0.1) is 12.8 Å². The van der Waals surface area contributed by atoms with E-state index in [0.717, 1.165) is 31.6 Å². The minimum Gasteiger partial charge on any atom is -0.487 e. The molecule has 2 bridgehead atoms. The van der Waals surface area contributed by atoms with Crippen LogP contribution in [0.1, 0.15) is 42.9 Å². The molecule has 4 heteroatoms. The summed E-state index contributed by atoms with van der Waals surface area (Å²) >= 11 is 0. The quantitative estimate of drug-likeness (QED) is 0.860. The van der Waals surface area contributed by atoms with E-state index in [-0.39, 0.29) is 23.5 Å². The molecule has 2 fully saturated rings. The van der Waals surface area contributed by atoms with E-state index in [1.807, 2.05) is 0 Å². The smallest absolute Gasteiger partial charge is 0.217 e. The van der Waals surface area contributed by atoms with Gasteiger partial charge in [-0.25, -0.2) is 0 Å². The van der Waals surface area contributed by atoms with Crippen LogP contribution in [0.2, 0.25) is 0 Å². The molecule has 4 aliphatic rings. The van der Waals surface area contributed by atoms with Crippen molar-refractivity contribution in [3.8, 4) is 5.75 Å². The Morgan fingerprint density at radius 1 is 1.38 bits per heavy atom. The van der Waals surface area contributed by atoms with Crippen molar-refractivity contribution < 1.29 is 9.53 Å². The van der Waals surface area contributed by atoms with Crippen molar-refractivity contribution >= 4 is 5.91 Å². The summed E-state index contributed by atoms with van der Waals surface area (Å²) in [5.41, 5.74) is 4.33. The first-order valence-electron chi connectivity index (χ1n) is 9.29. The molecule has 3 unspecified atom stereocenters. The van der Waals surface area contributed by atoms with Crippen LogP contribution in [0.15, 0.2) is 12.1 Å². The summed E-state index contributed by atoms with van der Waals surface area (Å²) in [5.74, 6) is 1.84. The Morgan fingerprint density at radius 2 is 2.21 bits per heavy atom. The average Bonchev–Trinajstić information content (AvgIpc) is 2.89. The second kappa shape index (κ2) is 4.75. The summed E-state index contributed by atoms with van der Waals surface area (Å²) in [6.45, 7) is 4.91. The van der Waals surface area contributed by atoms with Gasteiger partial charge in [0.15, 0.2) is 0 Å². The first kappa shape index (κ1) is 14.8. The van der Waals surface area contributed by atoms with Crippen LogP contribution in [0.3, 0.4) is 0 Å². The standard InChI is InChI=1S/C20H26N2O2/c1-11-4-5-13-10-16-14-6-7-15(21-12(2)23)19-20(14,8-9-22(16)3)17(13)18(11)24-19/h4-5,14-16,19H,6-10H2,1-3H3,(H,21,23)/t14-,15?,16+,19?,20?/m1/s1. The zero-order chi connectivity index (χ0) is 16.6. The molecular weight excluding hydrogens is 300 g/mol. The minimum absolute atomic E-state index is 0.0617. The van der Waals surface area contributed by atoms with Crippen molar-refractivity contribution in [1.82, 2.24) is 10.2 Å². The molecule has 0 radical (unpaired) electrons. The fourth-order valence-corrected chi connectivity index (χ4v) is 6.29. The van der Waals surface area contributed by atoms with E-state index in [1.54, 1.807) is 6.92 Å². The summed E-state index contributed by atoms with van der Waals surface area (Å²) in [7, 11) is 2.28. The van der Waals surface area contributed by atoms with Crippen LogP contribution in [0.4, 0.5) is 0 Å². The maximum absolute atomic E-state index is 11.8. The number of likely N-dealkylation sites (tertiary alicyclic amines) is 1. The van der Waals surface area contributed by atoms with Gasteiger partial charge in [0.2, 0.25) is 5.91 Å². The maximum Gasteiger partial charge on any atom is 0.217 e. The van der Waals surface area contributed by atoms with Gasteiger partial charge in [-0.2, -0.15) is 0 Å². The Morgan fingerprint density at radius 3 is 3.00 bits per heavy atom. The van der Waals surface area contributed by atoms with Crippen LogP contribution < -0.4 is 10.1 Å². The van der Waals surface area contributed by atoms with Gasteiger partial charge in [0.25, 0.3) is 0 Å². The molecule has 1 aromatic carbocycles. The lowest BCUT2D eigenvalue weighted by molar-refractivity contribution is -0.122. The summed E-state index contributed by atoms with van der Waals surface area (Å²) in [6, 6.07) is 5.29. The summed E-state index contributed by atoms with van der Waals surface area (Å²) in [4.78, 5) is 14.3. The predicted octanol–water partition coefficient (Wildman–Crippen LogP) is 2.17. The van der Waals surface area contributed by atoms with E-state index in [4.69, 9.17) is 4.74 Å². The number of piperidine rings is 1. The Hall–Kier alpha value is -1.55. The molecule has 2 aliphatic heterocycles. The van der Waals surface area contributed by atoms with Gasteiger partial charge in [0.05, 0.1) is 6.04 Å². The summed E-state index contributed by atoms with van der Waals surface area (Å²) in [6.07, 6.45) is 4.61. The third-order valence-corrected chi connectivity index (χ3v) is 7.20. The van der Waals surface area contributed by atoms with Gasteiger partial charge in [-0.3, -0.25) is 4.79 Å². The van der Waals surface area contributed by atoms with Gasteiger partial charge in [-0.15, -0.1) is 0 Å². The third kappa shape index (κ3) is 1.65. The van der Waals surface area contributed by atoms with Crippen molar-refractivity contribution in [1.29, 1.82) is 0 Å². The van der Waals surface area contributed by atoms with E-state index in [1.165, 1.54) is 23.1 Å². The molecule has 1 saturated heterocycles. The van der Waals surface area contributed by atoms with Crippen LogP contribution in [0.25, 0.3) is 0 Å². The number of amides is 1. The zero-order valence-corrected chi connectivity index (χ0v) is 14.8. The van der Waals surface area contributed by atoms with Gasteiger partial charge in [-0.05, 0) is 63.2 Å². The molecule has 2 heterocycles. The molecule has 5 rings (SSSR count). The van der Waals surface area contributed by atoms with Crippen LogP contribution >= 0.6 is 0 Å². The molecule has 5 atom stereocenters. The molecule has 1 N–H and O–H groups in total. The van der Waals surface area contributed by atoms with Gasteiger partial charge in [-0.1, -0.05) is 12.1 Å². The lowest BCUT2D eigenvalue weighted by Gasteiger charge is -2.59. The van der Waals surface area contributed by atoms with E-state index in [0.29, 0.717) is 12.0 Å². The first-order valence-corrected chi connectivity index (χ1v) is 9.29. The van der Waals surface area contributed by atoms with E-state index < -0.39 is 0 Å². The minimum atomic E-state index is 0.0617. The number of ether oxygens (including phenoxy) is 1. The SMILES string of the molecule is CC(=O)NC1CC[C@@H]2[C@@H]3Cc4ccc(C)c5c4C2(CCN3C)C1O5.